The van der Waals surface area contributed by atoms with Crippen LogP contribution in [0.25, 0.3) is 0 Å². The molecule has 1 aromatic carbocycles. The number of nitrogen functional groups attached to an aromatic ring is 1. The number of nitrogens with zero attached hydrogens (tertiary/aromatic N) is 1. The monoisotopic (exact) mass is 320 g/mol. The van der Waals surface area contributed by atoms with E-state index >= 15 is 0 Å². The summed E-state index contributed by atoms with van der Waals surface area (Å²) in [5.41, 5.74) is 5.93. The number of anilines is 1. The van der Waals surface area contributed by atoms with Gasteiger partial charge in [-0.15, -0.1) is 0 Å². The number of ether oxygens (including phenoxy) is 2. The number of hydrogen-bond donors (Lipinski definition) is 1. The van der Waals surface area contributed by atoms with Crippen LogP contribution in [0.4, 0.5) is 5.69 Å². The van der Waals surface area contributed by atoms with Crippen LogP contribution in [0.15, 0.2) is 17.3 Å². The van der Waals surface area contributed by atoms with E-state index in [1.54, 1.807) is 6.92 Å². The molecule has 1 aromatic rings. The fourth-order valence-electron chi connectivity index (χ4n) is 1.25. The van der Waals surface area contributed by atoms with Crippen LogP contribution in [0.2, 0.25) is 10.0 Å². The van der Waals surface area contributed by atoms with E-state index in [1.165, 1.54) is 19.2 Å². The van der Waals surface area contributed by atoms with Gasteiger partial charge in [-0.05, 0) is 13.0 Å². The van der Waals surface area contributed by atoms with E-state index in [1.807, 2.05) is 0 Å². The van der Waals surface area contributed by atoms with Crippen molar-refractivity contribution in [3.05, 3.63) is 22.2 Å². The molecule has 1 rings (SSSR count). The Kier molecular flexibility index (Phi) is 6.41. The fraction of sp³-hybridized carbons (Fsp3) is 0.333. The van der Waals surface area contributed by atoms with E-state index in [2.05, 4.69) is 9.99 Å². The lowest BCUT2D eigenvalue weighted by molar-refractivity contribution is -0.135. The topological polar surface area (TPSA) is 83.1 Å². The average Bonchev–Trinajstić information content (AvgIpc) is 2.40. The van der Waals surface area contributed by atoms with Crippen molar-refractivity contribution >= 4 is 40.6 Å². The SMILES string of the molecule is CCOC(=O)C(COc1cc(N)c(Cl)cc1Cl)=NOC. The maximum absolute atomic E-state index is 11.6. The van der Waals surface area contributed by atoms with Gasteiger partial charge < -0.3 is 20.0 Å². The molecule has 0 unspecified atom stereocenters. The predicted molar refractivity (Wildman–Crippen MR) is 77.4 cm³/mol. The Morgan fingerprint density at radius 2 is 2.05 bits per heavy atom. The van der Waals surface area contributed by atoms with Crippen molar-refractivity contribution in [2.45, 2.75) is 6.92 Å². The Morgan fingerprint density at radius 1 is 1.35 bits per heavy atom. The number of carbonyl (C=O) groups is 1. The van der Waals surface area contributed by atoms with Gasteiger partial charge in [0.2, 0.25) is 5.71 Å². The number of oxime groups is 1. The molecule has 6 nitrogen and oxygen atoms in total. The van der Waals surface area contributed by atoms with Crippen molar-refractivity contribution in [2.24, 2.45) is 5.16 Å². The molecule has 2 N–H and O–H groups in total. The summed E-state index contributed by atoms with van der Waals surface area (Å²) in [5.74, 6) is -0.353. The van der Waals surface area contributed by atoms with Crippen molar-refractivity contribution in [2.75, 3.05) is 26.1 Å². The lowest BCUT2D eigenvalue weighted by Gasteiger charge is -2.10. The highest BCUT2D eigenvalue weighted by Gasteiger charge is 2.16. The van der Waals surface area contributed by atoms with Gasteiger partial charge in [-0.3, -0.25) is 0 Å². The number of nitrogens with two attached hydrogens (primary N) is 1. The summed E-state index contributed by atoms with van der Waals surface area (Å²) in [4.78, 5) is 16.1. The molecule has 0 amide bonds. The minimum Gasteiger partial charge on any atom is -0.485 e. The molecule has 8 heteroatoms. The van der Waals surface area contributed by atoms with Gasteiger partial charge >= 0.3 is 5.97 Å². The van der Waals surface area contributed by atoms with E-state index in [9.17, 15) is 4.79 Å². The Hall–Kier alpha value is -1.66. The van der Waals surface area contributed by atoms with Crippen molar-refractivity contribution < 1.29 is 19.1 Å². The molecule has 0 atom stereocenters. The van der Waals surface area contributed by atoms with Crippen molar-refractivity contribution in [3.8, 4) is 5.75 Å². The minimum atomic E-state index is -0.632. The summed E-state index contributed by atoms with van der Waals surface area (Å²) in [5, 5.41) is 4.13. The largest absolute Gasteiger partial charge is 0.485 e. The second-order valence-corrected chi connectivity index (χ2v) is 4.35. The first kappa shape index (κ1) is 16.4. The van der Waals surface area contributed by atoms with Gasteiger partial charge in [-0.2, -0.15) is 0 Å². The number of benzene rings is 1. The highest BCUT2D eigenvalue weighted by molar-refractivity contribution is 6.38. The van der Waals surface area contributed by atoms with Gasteiger partial charge in [0.05, 0.1) is 22.3 Å². The molecule has 0 aliphatic heterocycles. The van der Waals surface area contributed by atoms with Crippen LogP contribution >= 0.6 is 23.2 Å². The molecule has 0 saturated carbocycles. The number of halogens is 2. The maximum Gasteiger partial charge on any atom is 0.359 e. The van der Waals surface area contributed by atoms with Gasteiger partial charge in [0.25, 0.3) is 0 Å². The zero-order valence-corrected chi connectivity index (χ0v) is 12.5. The van der Waals surface area contributed by atoms with Gasteiger partial charge in [-0.25, -0.2) is 4.79 Å². The zero-order valence-electron chi connectivity index (χ0n) is 11.0. The van der Waals surface area contributed by atoms with Gasteiger partial charge in [0.15, 0.2) is 0 Å². The standard InChI is InChI=1S/C12H14Cl2N2O4/c1-3-19-12(17)10(16-18-2)6-20-11-5-9(15)7(13)4-8(11)14/h4-5H,3,6,15H2,1-2H3. The lowest BCUT2D eigenvalue weighted by Crippen LogP contribution is -2.24. The van der Waals surface area contributed by atoms with Crippen LogP contribution in [-0.4, -0.2) is 32.0 Å². The molecule has 0 aliphatic rings. The van der Waals surface area contributed by atoms with Crippen LogP contribution in [0.1, 0.15) is 6.92 Å². The van der Waals surface area contributed by atoms with Gasteiger partial charge in [0, 0.05) is 6.07 Å². The summed E-state index contributed by atoms with van der Waals surface area (Å²) < 4.78 is 10.2. The quantitative estimate of drug-likeness (QED) is 0.377. The average molecular weight is 321 g/mol. The van der Waals surface area contributed by atoms with Crippen molar-refractivity contribution in [3.63, 3.8) is 0 Å². The van der Waals surface area contributed by atoms with Crippen molar-refractivity contribution in [1.82, 2.24) is 0 Å². The third-order valence-corrected chi connectivity index (χ3v) is 2.75. The van der Waals surface area contributed by atoms with Gasteiger partial charge in [-0.1, -0.05) is 28.4 Å². The first-order valence-corrected chi connectivity index (χ1v) is 6.39. The molecule has 0 saturated heterocycles. The van der Waals surface area contributed by atoms with Crippen molar-refractivity contribution in [1.29, 1.82) is 0 Å². The number of rotatable bonds is 6. The second kappa shape index (κ2) is 7.81. The summed E-state index contributed by atoms with van der Waals surface area (Å²) in [6, 6.07) is 2.91. The normalized spacial score (nSPS) is 11.1. The smallest absolute Gasteiger partial charge is 0.359 e. The van der Waals surface area contributed by atoms with Crippen LogP contribution < -0.4 is 10.5 Å². The second-order valence-electron chi connectivity index (χ2n) is 3.53. The van der Waals surface area contributed by atoms with Gasteiger partial charge in [0.1, 0.15) is 19.5 Å². The first-order valence-electron chi connectivity index (χ1n) is 5.64. The zero-order chi connectivity index (χ0) is 15.1. The number of esters is 1. The summed E-state index contributed by atoms with van der Waals surface area (Å²) in [6.07, 6.45) is 0. The third kappa shape index (κ3) is 4.47. The maximum atomic E-state index is 11.6. The summed E-state index contributed by atoms with van der Waals surface area (Å²) in [6.45, 7) is 1.73. The Morgan fingerprint density at radius 3 is 2.65 bits per heavy atom. The van der Waals surface area contributed by atoms with E-state index in [-0.39, 0.29) is 29.7 Å². The molecular formula is C12H14Cl2N2O4. The van der Waals surface area contributed by atoms with E-state index in [4.69, 9.17) is 38.4 Å². The molecule has 110 valence electrons. The van der Waals surface area contributed by atoms with Crippen LogP contribution in [-0.2, 0) is 14.4 Å². The molecule has 20 heavy (non-hydrogen) atoms. The van der Waals surface area contributed by atoms with E-state index in [0.29, 0.717) is 10.7 Å². The van der Waals surface area contributed by atoms with E-state index < -0.39 is 5.97 Å². The Balaban J connectivity index is 2.80. The fourth-order valence-corrected chi connectivity index (χ4v) is 1.69. The number of hydrogen-bond acceptors (Lipinski definition) is 6. The molecule has 0 aliphatic carbocycles. The molecule has 0 aromatic heterocycles. The molecule has 0 fully saturated rings. The number of carbonyl (C=O) groups excluding carboxylic acids is 1. The molecule has 0 radical (unpaired) electrons. The predicted octanol–water partition coefficient (Wildman–Crippen LogP) is 2.52. The highest BCUT2D eigenvalue weighted by Crippen LogP contribution is 2.32. The Labute approximate surface area is 126 Å². The van der Waals surface area contributed by atoms with E-state index in [0.717, 1.165) is 0 Å². The molecule has 0 bridgehead atoms. The first-order chi connectivity index (χ1) is 9.49. The lowest BCUT2D eigenvalue weighted by atomic mass is 10.3. The highest BCUT2D eigenvalue weighted by atomic mass is 35.5. The minimum absolute atomic E-state index is 0.0288. The van der Waals surface area contributed by atoms with Crippen LogP contribution in [0.5, 0.6) is 5.75 Å². The van der Waals surface area contributed by atoms with Crippen LogP contribution in [0, 0.1) is 0 Å². The molecular weight excluding hydrogens is 307 g/mol. The summed E-state index contributed by atoms with van der Waals surface area (Å²) in [7, 11) is 1.31. The van der Waals surface area contributed by atoms with Crippen LogP contribution in [0.3, 0.4) is 0 Å². The Bertz CT molecular complexity index is 520. The molecule has 0 spiro atoms. The third-order valence-electron chi connectivity index (χ3n) is 2.13. The summed E-state index contributed by atoms with van der Waals surface area (Å²) >= 11 is 11.8. The molecule has 0 heterocycles.